The summed E-state index contributed by atoms with van der Waals surface area (Å²) in [7, 11) is 1.39. The number of hydrogen-bond acceptors (Lipinski definition) is 5. The van der Waals surface area contributed by atoms with Gasteiger partial charge in [0.05, 0.1) is 7.11 Å². The van der Waals surface area contributed by atoms with Gasteiger partial charge in [-0.15, -0.1) is 0 Å². The van der Waals surface area contributed by atoms with Gasteiger partial charge in [-0.25, -0.2) is 9.97 Å². The second-order valence-electron chi connectivity index (χ2n) is 4.42. The molecular formula is C13H21N3O2. The molecule has 5 heteroatoms. The van der Waals surface area contributed by atoms with Crippen LogP contribution in [-0.2, 0) is 16.0 Å². The van der Waals surface area contributed by atoms with Gasteiger partial charge >= 0.3 is 5.97 Å². The van der Waals surface area contributed by atoms with E-state index in [1.165, 1.54) is 7.11 Å². The lowest BCUT2D eigenvalue weighted by atomic mass is 10.2. The van der Waals surface area contributed by atoms with Crippen molar-refractivity contribution in [2.45, 2.75) is 39.7 Å². The fourth-order valence-electron chi connectivity index (χ4n) is 1.67. The van der Waals surface area contributed by atoms with E-state index in [0.717, 1.165) is 24.4 Å². The molecule has 0 fully saturated rings. The van der Waals surface area contributed by atoms with E-state index >= 15 is 0 Å². The van der Waals surface area contributed by atoms with Gasteiger partial charge in [0.25, 0.3) is 0 Å². The largest absolute Gasteiger partial charge is 0.468 e. The van der Waals surface area contributed by atoms with Crippen molar-refractivity contribution in [1.82, 2.24) is 9.97 Å². The number of hydrogen-bond donors (Lipinski definition) is 0. The molecule has 1 aromatic heterocycles. The molecule has 1 rings (SSSR count). The van der Waals surface area contributed by atoms with E-state index in [1.807, 2.05) is 24.8 Å². The van der Waals surface area contributed by atoms with Crippen LogP contribution in [0.2, 0.25) is 0 Å². The van der Waals surface area contributed by atoms with E-state index < -0.39 is 0 Å². The summed E-state index contributed by atoms with van der Waals surface area (Å²) in [6, 6.07) is 2.11. The molecule has 0 aliphatic rings. The number of carbonyl (C=O) groups excluding carboxylic acids is 1. The summed E-state index contributed by atoms with van der Waals surface area (Å²) in [5.74, 6) is 0.508. The lowest BCUT2D eigenvalue weighted by Crippen LogP contribution is -2.37. The van der Waals surface area contributed by atoms with Gasteiger partial charge in [0.2, 0.25) is 0 Å². The second kappa shape index (κ2) is 6.93. The van der Waals surface area contributed by atoms with Gasteiger partial charge in [-0.3, -0.25) is 4.79 Å². The van der Waals surface area contributed by atoms with E-state index in [1.54, 1.807) is 6.33 Å². The van der Waals surface area contributed by atoms with Crippen LogP contribution in [0.15, 0.2) is 12.4 Å². The Balaban J connectivity index is 2.91. The zero-order chi connectivity index (χ0) is 13.5. The summed E-state index contributed by atoms with van der Waals surface area (Å²) in [5.41, 5.74) is 0.998. The molecule has 0 N–H and O–H groups in total. The van der Waals surface area contributed by atoms with E-state index in [2.05, 4.69) is 16.9 Å². The van der Waals surface area contributed by atoms with Crippen LogP contribution in [0.5, 0.6) is 0 Å². The molecule has 0 spiro atoms. The van der Waals surface area contributed by atoms with Crippen LogP contribution in [0.4, 0.5) is 5.82 Å². The molecule has 0 aliphatic heterocycles. The molecule has 0 amide bonds. The molecule has 0 radical (unpaired) electrons. The minimum absolute atomic E-state index is 0.175. The molecule has 0 atom stereocenters. The van der Waals surface area contributed by atoms with Gasteiger partial charge in [-0.1, -0.05) is 13.3 Å². The Bertz CT molecular complexity index is 394. The maximum absolute atomic E-state index is 11.4. The van der Waals surface area contributed by atoms with Crippen molar-refractivity contribution in [3.8, 4) is 0 Å². The van der Waals surface area contributed by atoms with Gasteiger partial charge in [0.15, 0.2) is 0 Å². The van der Waals surface area contributed by atoms with E-state index in [9.17, 15) is 4.79 Å². The van der Waals surface area contributed by atoms with Gasteiger partial charge in [-0.05, 0) is 20.3 Å². The van der Waals surface area contributed by atoms with Crippen molar-refractivity contribution in [2.75, 3.05) is 18.6 Å². The molecule has 18 heavy (non-hydrogen) atoms. The Morgan fingerprint density at radius 3 is 2.72 bits per heavy atom. The first-order valence-corrected chi connectivity index (χ1v) is 6.22. The third kappa shape index (κ3) is 3.98. The number of methoxy groups -OCH3 is 1. The Morgan fingerprint density at radius 2 is 2.17 bits per heavy atom. The van der Waals surface area contributed by atoms with Gasteiger partial charge in [0.1, 0.15) is 18.7 Å². The number of nitrogens with zero attached hydrogens (tertiary/aromatic N) is 3. The van der Waals surface area contributed by atoms with Crippen LogP contribution in [0.25, 0.3) is 0 Å². The predicted molar refractivity (Wildman–Crippen MR) is 70.5 cm³/mol. The fourth-order valence-corrected chi connectivity index (χ4v) is 1.67. The average molecular weight is 251 g/mol. The van der Waals surface area contributed by atoms with Crippen molar-refractivity contribution in [3.63, 3.8) is 0 Å². The molecule has 1 aromatic rings. The number of esters is 1. The highest BCUT2D eigenvalue weighted by molar-refractivity contribution is 5.75. The summed E-state index contributed by atoms with van der Waals surface area (Å²) in [6.45, 7) is 6.35. The Morgan fingerprint density at radius 1 is 1.44 bits per heavy atom. The summed E-state index contributed by atoms with van der Waals surface area (Å²) in [4.78, 5) is 21.8. The van der Waals surface area contributed by atoms with Crippen molar-refractivity contribution in [1.29, 1.82) is 0 Å². The number of rotatable bonds is 6. The summed E-state index contributed by atoms with van der Waals surface area (Å²) < 4.78 is 4.71. The van der Waals surface area contributed by atoms with Crippen LogP contribution >= 0.6 is 0 Å². The molecule has 100 valence electrons. The number of carbonyl (C=O) groups is 1. The van der Waals surface area contributed by atoms with Crippen LogP contribution in [0.1, 0.15) is 32.9 Å². The Labute approximate surface area is 108 Å². The van der Waals surface area contributed by atoms with Gasteiger partial charge in [0, 0.05) is 17.8 Å². The van der Waals surface area contributed by atoms with Crippen LogP contribution in [0, 0.1) is 0 Å². The van der Waals surface area contributed by atoms with Crippen molar-refractivity contribution >= 4 is 11.8 Å². The maximum Gasteiger partial charge on any atom is 0.325 e. The predicted octanol–water partition coefficient (Wildman–Crippen LogP) is 1.82. The summed E-state index contributed by atoms with van der Waals surface area (Å²) >= 11 is 0. The third-order valence-electron chi connectivity index (χ3n) is 2.66. The average Bonchev–Trinajstić information content (AvgIpc) is 2.36. The molecular weight excluding hydrogens is 230 g/mol. The Hall–Kier alpha value is -1.65. The molecule has 0 aliphatic carbocycles. The van der Waals surface area contributed by atoms with Crippen molar-refractivity contribution in [3.05, 3.63) is 18.1 Å². The molecule has 5 nitrogen and oxygen atoms in total. The maximum atomic E-state index is 11.4. The molecule has 0 unspecified atom stereocenters. The molecule has 1 heterocycles. The zero-order valence-corrected chi connectivity index (χ0v) is 11.5. The van der Waals surface area contributed by atoms with Crippen LogP contribution < -0.4 is 4.90 Å². The molecule has 0 saturated heterocycles. The second-order valence-corrected chi connectivity index (χ2v) is 4.42. The molecule has 0 aromatic carbocycles. The Kier molecular flexibility index (Phi) is 5.55. The fraction of sp³-hybridized carbons (Fsp3) is 0.615. The number of anilines is 1. The van der Waals surface area contributed by atoms with E-state index in [4.69, 9.17) is 4.74 Å². The van der Waals surface area contributed by atoms with E-state index in [-0.39, 0.29) is 18.6 Å². The summed E-state index contributed by atoms with van der Waals surface area (Å²) in [5, 5.41) is 0. The standard InChI is InChI=1S/C13H21N3O2/c1-5-6-11-7-12(15-9-14-11)16(10(2)3)8-13(17)18-4/h7,9-10H,5-6,8H2,1-4H3. The molecule has 0 bridgehead atoms. The normalized spacial score (nSPS) is 10.5. The monoisotopic (exact) mass is 251 g/mol. The number of aryl methyl sites for hydroxylation is 1. The highest BCUT2D eigenvalue weighted by Gasteiger charge is 2.16. The minimum atomic E-state index is -0.264. The first-order chi connectivity index (χ1) is 8.58. The quantitative estimate of drug-likeness (QED) is 0.722. The summed E-state index contributed by atoms with van der Waals surface area (Å²) in [6.07, 6.45) is 3.50. The smallest absolute Gasteiger partial charge is 0.325 e. The lowest BCUT2D eigenvalue weighted by Gasteiger charge is -2.26. The van der Waals surface area contributed by atoms with Gasteiger partial charge in [-0.2, -0.15) is 0 Å². The third-order valence-corrected chi connectivity index (χ3v) is 2.66. The van der Waals surface area contributed by atoms with Crippen molar-refractivity contribution < 1.29 is 9.53 Å². The minimum Gasteiger partial charge on any atom is -0.468 e. The highest BCUT2D eigenvalue weighted by Crippen LogP contribution is 2.15. The van der Waals surface area contributed by atoms with Gasteiger partial charge < -0.3 is 9.64 Å². The van der Waals surface area contributed by atoms with E-state index in [0.29, 0.717) is 0 Å². The van der Waals surface area contributed by atoms with Crippen LogP contribution in [-0.4, -0.2) is 35.6 Å². The highest BCUT2D eigenvalue weighted by atomic mass is 16.5. The first kappa shape index (κ1) is 14.4. The van der Waals surface area contributed by atoms with Crippen LogP contribution in [0.3, 0.4) is 0 Å². The first-order valence-electron chi connectivity index (χ1n) is 6.22. The molecule has 0 saturated carbocycles. The zero-order valence-electron chi connectivity index (χ0n) is 11.5. The number of ether oxygens (including phenoxy) is 1. The van der Waals surface area contributed by atoms with Crippen molar-refractivity contribution in [2.24, 2.45) is 0 Å². The SMILES string of the molecule is CCCc1cc(N(CC(=O)OC)C(C)C)ncn1. The topological polar surface area (TPSA) is 55.3 Å². The lowest BCUT2D eigenvalue weighted by molar-refractivity contribution is -0.139. The number of aromatic nitrogens is 2.